The Hall–Kier alpha value is -1.15. The van der Waals surface area contributed by atoms with E-state index < -0.39 is 0 Å². The van der Waals surface area contributed by atoms with Crippen molar-refractivity contribution in [3.8, 4) is 0 Å². The first kappa shape index (κ1) is 12.3. The molecular formula is C15H20O2. The number of hydrogen-bond acceptors (Lipinski definition) is 2. The zero-order chi connectivity index (χ0) is 12.7. The van der Waals surface area contributed by atoms with Crippen molar-refractivity contribution >= 4 is 5.78 Å². The van der Waals surface area contributed by atoms with Crippen LogP contribution >= 0.6 is 0 Å². The molecule has 0 radical (unpaired) electrons. The molecular weight excluding hydrogens is 212 g/mol. The van der Waals surface area contributed by atoms with E-state index in [9.17, 15) is 4.79 Å². The molecule has 0 saturated carbocycles. The van der Waals surface area contributed by atoms with E-state index in [2.05, 4.69) is 0 Å². The third-order valence-corrected chi connectivity index (χ3v) is 3.45. The van der Waals surface area contributed by atoms with Crippen molar-refractivity contribution in [3.63, 3.8) is 0 Å². The minimum absolute atomic E-state index is 0.0556. The van der Waals surface area contributed by atoms with Crippen molar-refractivity contribution in [2.75, 3.05) is 0 Å². The van der Waals surface area contributed by atoms with E-state index >= 15 is 0 Å². The lowest BCUT2D eigenvalue weighted by molar-refractivity contribution is -0.0712. The second-order valence-electron chi connectivity index (χ2n) is 5.95. The molecule has 0 aliphatic carbocycles. The van der Waals surface area contributed by atoms with Gasteiger partial charge in [-0.25, -0.2) is 0 Å². The van der Waals surface area contributed by atoms with Gasteiger partial charge in [-0.15, -0.1) is 0 Å². The van der Waals surface area contributed by atoms with Crippen LogP contribution in [0.5, 0.6) is 0 Å². The Morgan fingerprint density at radius 3 is 2.24 bits per heavy atom. The number of hydrogen-bond donors (Lipinski definition) is 0. The van der Waals surface area contributed by atoms with E-state index in [0.717, 1.165) is 12.0 Å². The molecule has 0 spiro atoms. The van der Waals surface area contributed by atoms with E-state index in [1.807, 2.05) is 58.0 Å². The summed E-state index contributed by atoms with van der Waals surface area (Å²) in [5.74, 6) is 0.140. The Labute approximate surface area is 103 Å². The molecule has 1 heterocycles. The van der Waals surface area contributed by atoms with Gasteiger partial charge in [-0.1, -0.05) is 30.3 Å². The van der Waals surface area contributed by atoms with Crippen LogP contribution in [0.2, 0.25) is 0 Å². The average molecular weight is 232 g/mol. The lowest BCUT2D eigenvalue weighted by atomic mass is 9.82. The van der Waals surface area contributed by atoms with Gasteiger partial charge < -0.3 is 4.74 Å². The van der Waals surface area contributed by atoms with Crippen LogP contribution in [0.1, 0.15) is 44.5 Å². The molecule has 1 aromatic rings. The molecule has 1 saturated heterocycles. The van der Waals surface area contributed by atoms with Gasteiger partial charge in [0.05, 0.1) is 17.1 Å². The van der Waals surface area contributed by atoms with E-state index in [0.29, 0.717) is 0 Å². The maximum Gasteiger partial charge on any atom is 0.168 e. The van der Waals surface area contributed by atoms with Gasteiger partial charge >= 0.3 is 0 Å². The van der Waals surface area contributed by atoms with Crippen LogP contribution in [-0.4, -0.2) is 17.0 Å². The predicted molar refractivity (Wildman–Crippen MR) is 68.1 cm³/mol. The Morgan fingerprint density at radius 2 is 1.76 bits per heavy atom. The Morgan fingerprint density at radius 1 is 1.18 bits per heavy atom. The van der Waals surface area contributed by atoms with Crippen molar-refractivity contribution in [2.45, 2.75) is 45.3 Å². The lowest BCUT2D eigenvalue weighted by Gasteiger charge is -2.26. The van der Waals surface area contributed by atoms with Crippen LogP contribution in [0, 0.1) is 5.92 Å². The number of ether oxygens (including phenoxy) is 1. The predicted octanol–water partition coefficient (Wildman–Crippen LogP) is 3.46. The second-order valence-corrected chi connectivity index (χ2v) is 5.95. The van der Waals surface area contributed by atoms with Gasteiger partial charge in [0.15, 0.2) is 5.78 Å². The fraction of sp³-hybridized carbons (Fsp3) is 0.533. The minimum atomic E-state index is -0.379. The van der Waals surface area contributed by atoms with E-state index in [-0.39, 0.29) is 22.9 Å². The molecule has 1 unspecified atom stereocenters. The Balaban J connectivity index is 2.27. The highest BCUT2D eigenvalue weighted by Gasteiger charge is 2.49. The monoisotopic (exact) mass is 232 g/mol. The average Bonchev–Trinajstić information content (AvgIpc) is 2.47. The summed E-state index contributed by atoms with van der Waals surface area (Å²) >= 11 is 0. The summed E-state index contributed by atoms with van der Waals surface area (Å²) in [6, 6.07) is 9.49. The summed E-state index contributed by atoms with van der Waals surface area (Å²) in [4.78, 5) is 12.5. The first-order chi connectivity index (χ1) is 7.82. The molecule has 1 atom stereocenters. The van der Waals surface area contributed by atoms with Gasteiger partial charge in [0.2, 0.25) is 0 Å². The minimum Gasteiger partial charge on any atom is -0.369 e. The first-order valence-corrected chi connectivity index (χ1v) is 6.11. The number of carbonyl (C=O) groups is 1. The van der Waals surface area contributed by atoms with E-state index in [4.69, 9.17) is 4.74 Å². The molecule has 2 rings (SSSR count). The smallest absolute Gasteiger partial charge is 0.168 e. The first-order valence-electron chi connectivity index (χ1n) is 6.11. The summed E-state index contributed by atoms with van der Waals surface area (Å²) in [5, 5.41) is 0. The molecule has 17 heavy (non-hydrogen) atoms. The molecule has 2 nitrogen and oxygen atoms in total. The molecule has 92 valence electrons. The maximum absolute atomic E-state index is 12.5. The molecule has 2 heteroatoms. The van der Waals surface area contributed by atoms with Crippen LogP contribution in [0.4, 0.5) is 0 Å². The lowest BCUT2D eigenvalue weighted by Crippen LogP contribution is -2.33. The highest BCUT2D eigenvalue weighted by atomic mass is 16.5. The largest absolute Gasteiger partial charge is 0.369 e. The summed E-state index contributed by atoms with van der Waals surface area (Å²) in [6.07, 6.45) is 0.785. The Kier molecular flexibility index (Phi) is 2.86. The number of benzene rings is 1. The van der Waals surface area contributed by atoms with Gasteiger partial charge in [-0.05, 0) is 34.1 Å². The van der Waals surface area contributed by atoms with Crippen LogP contribution in [0.3, 0.4) is 0 Å². The molecule has 0 aromatic heterocycles. The van der Waals surface area contributed by atoms with Crippen LogP contribution in [-0.2, 0) is 4.74 Å². The van der Waals surface area contributed by atoms with Crippen LogP contribution < -0.4 is 0 Å². The van der Waals surface area contributed by atoms with E-state index in [1.165, 1.54) is 0 Å². The number of Topliss-reactive ketones (excluding diaryl/α,β-unsaturated/α-hetero) is 1. The third-order valence-electron chi connectivity index (χ3n) is 3.45. The summed E-state index contributed by atoms with van der Waals surface area (Å²) < 4.78 is 5.97. The van der Waals surface area contributed by atoms with Gasteiger partial charge in [0, 0.05) is 5.56 Å². The van der Waals surface area contributed by atoms with Crippen LogP contribution in [0.25, 0.3) is 0 Å². The maximum atomic E-state index is 12.5. The highest BCUT2D eigenvalue weighted by Crippen LogP contribution is 2.43. The number of ketones is 1. The number of carbonyl (C=O) groups excluding carboxylic acids is 1. The normalized spacial score (nSPS) is 25.8. The molecule has 0 bridgehead atoms. The molecule has 0 N–H and O–H groups in total. The van der Waals surface area contributed by atoms with Gasteiger partial charge in [0.25, 0.3) is 0 Å². The zero-order valence-electron chi connectivity index (χ0n) is 11.0. The quantitative estimate of drug-likeness (QED) is 0.730. The summed E-state index contributed by atoms with van der Waals surface area (Å²) in [7, 11) is 0. The summed E-state index contributed by atoms with van der Waals surface area (Å²) in [5.41, 5.74) is 0.196. The fourth-order valence-electron chi connectivity index (χ4n) is 2.77. The van der Waals surface area contributed by atoms with Crippen LogP contribution in [0.15, 0.2) is 30.3 Å². The third kappa shape index (κ3) is 2.42. The summed E-state index contributed by atoms with van der Waals surface area (Å²) in [6.45, 7) is 8.11. The van der Waals surface area contributed by atoms with Crippen molar-refractivity contribution in [1.82, 2.24) is 0 Å². The highest BCUT2D eigenvalue weighted by molar-refractivity contribution is 5.98. The van der Waals surface area contributed by atoms with Crippen molar-refractivity contribution in [1.29, 1.82) is 0 Å². The zero-order valence-corrected chi connectivity index (χ0v) is 11.0. The molecule has 0 amide bonds. The number of rotatable bonds is 2. The molecule has 1 aliphatic heterocycles. The fourth-order valence-corrected chi connectivity index (χ4v) is 2.77. The standard InChI is InChI=1S/C15H20O2/c1-14(2)10-12(15(3,4)17-14)13(16)11-8-6-5-7-9-11/h5-9,12H,10H2,1-4H3. The Bertz CT molecular complexity index is 418. The van der Waals surface area contributed by atoms with E-state index in [1.54, 1.807) is 0 Å². The second kappa shape index (κ2) is 3.95. The van der Waals surface area contributed by atoms with Crippen molar-refractivity contribution in [3.05, 3.63) is 35.9 Å². The van der Waals surface area contributed by atoms with Crippen molar-refractivity contribution < 1.29 is 9.53 Å². The molecule has 1 aliphatic rings. The van der Waals surface area contributed by atoms with Gasteiger partial charge in [-0.3, -0.25) is 4.79 Å². The molecule has 1 fully saturated rings. The van der Waals surface area contributed by atoms with Gasteiger partial charge in [-0.2, -0.15) is 0 Å². The SMILES string of the molecule is CC1(C)CC(C(=O)c2ccccc2)C(C)(C)O1. The molecule has 1 aromatic carbocycles. The topological polar surface area (TPSA) is 26.3 Å². The van der Waals surface area contributed by atoms with Gasteiger partial charge in [0.1, 0.15) is 0 Å². The van der Waals surface area contributed by atoms with Crippen molar-refractivity contribution in [2.24, 2.45) is 5.92 Å².